The Labute approximate surface area is 119 Å². The molecule has 0 aromatic heterocycles. The zero-order valence-corrected chi connectivity index (χ0v) is 12.9. The first-order valence-electron chi connectivity index (χ1n) is 8.03. The third-order valence-electron chi connectivity index (χ3n) is 3.69. The van der Waals surface area contributed by atoms with Crippen molar-refractivity contribution in [2.45, 2.75) is 84.5 Å². The maximum absolute atomic E-state index is 10.3. The number of rotatable bonds is 13. The zero-order valence-electron chi connectivity index (χ0n) is 12.9. The normalized spacial score (nSPS) is 12.9. The van der Waals surface area contributed by atoms with Gasteiger partial charge in [-0.05, 0) is 38.0 Å². The molecule has 1 unspecified atom stereocenters. The Hall–Kier alpha value is -0.790. The summed E-state index contributed by atoms with van der Waals surface area (Å²) in [4.78, 5) is 10.3. The predicted octanol–water partition coefficient (Wildman–Crippen LogP) is 5.57. The van der Waals surface area contributed by atoms with Crippen molar-refractivity contribution in [1.82, 2.24) is 0 Å². The van der Waals surface area contributed by atoms with E-state index in [9.17, 15) is 4.79 Å². The molecule has 0 aromatic carbocycles. The van der Waals surface area contributed by atoms with Crippen LogP contribution < -0.4 is 0 Å². The Morgan fingerprint density at radius 1 is 1.00 bits per heavy atom. The molecule has 0 radical (unpaired) electrons. The van der Waals surface area contributed by atoms with E-state index in [1.807, 2.05) is 0 Å². The van der Waals surface area contributed by atoms with Gasteiger partial charge in [0.1, 0.15) is 0 Å². The average molecular weight is 268 g/mol. The van der Waals surface area contributed by atoms with Crippen molar-refractivity contribution >= 4 is 5.97 Å². The smallest absolute Gasteiger partial charge is 0.303 e. The molecule has 0 saturated heterocycles. The molecule has 0 saturated carbocycles. The van der Waals surface area contributed by atoms with Crippen molar-refractivity contribution in [3.63, 3.8) is 0 Å². The summed E-state index contributed by atoms with van der Waals surface area (Å²) in [5, 5.41) is 8.50. The van der Waals surface area contributed by atoms with Crippen LogP contribution in [0.1, 0.15) is 84.5 Å². The number of unbranched alkanes of at least 4 members (excludes halogenated alkanes) is 6. The number of hydrogen-bond donors (Lipinski definition) is 1. The molecule has 0 bridgehead atoms. The number of aliphatic carboxylic acids is 1. The number of hydrogen-bond acceptors (Lipinski definition) is 1. The first kappa shape index (κ1) is 18.2. The second kappa shape index (κ2) is 13.6. The highest BCUT2D eigenvalue weighted by atomic mass is 16.4. The van der Waals surface area contributed by atoms with Crippen LogP contribution in [0.3, 0.4) is 0 Å². The largest absolute Gasteiger partial charge is 0.481 e. The third kappa shape index (κ3) is 15.2. The fourth-order valence-electron chi connectivity index (χ4n) is 2.09. The molecule has 0 aliphatic rings. The number of allylic oxidation sites excluding steroid dienone is 2. The molecule has 1 atom stereocenters. The van der Waals surface area contributed by atoms with Crippen molar-refractivity contribution < 1.29 is 9.90 Å². The molecule has 1 N–H and O–H groups in total. The highest BCUT2D eigenvalue weighted by Gasteiger charge is 1.97. The lowest BCUT2D eigenvalue weighted by Gasteiger charge is -2.05. The summed E-state index contributed by atoms with van der Waals surface area (Å²) in [7, 11) is 0. The van der Waals surface area contributed by atoms with Gasteiger partial charge in [-0.1, -0.05) is 58.1 Å². The quantitative estimate of drug-likeness (QED) is 0.350. The first-order chi connectivity index (χ1) is 9.16. The highest BCUT2D eigenvalue weighted by molar-refractivity contribution is 5.66. The Balaban J connectivity index is 3.15. The maximum Gasteiger partial charge on any atom is 0.303 e. The molecule has 0 aliphatic heterocycles. The van der Waals surface area contributed by atoms with Crippen LogP contribution >= 0.6 is 0 Å². The van der Waals surface area contributed by atoms with Crippen LogP contribution in [0.2, 0.25) is 0 Å². The fourth-order valence-corrected chi connectivity index (χ4v) is 2.09. The standard InChI is InChI=1S/C17H32O2/c1-3-16(2)14-12-10-8-6-4-5-7-9-11-13-15-17(18)19/h6,8,16H,3-5,7,9-15H2,1-2H3,(H,18,19)/b8-6+. The van der Waals surface area contributed by atoms with Gasteiger partial charge in [-0.3, -0.25) is 4.79 Å². The Bertz CT molecular complexity index is 233. The monoisotopic (exact) mass is 268 g/mol. The van der Waals surface area contributed by atoms with E-state index >= 15 is 0 Å². The van der Waals surface area contributed by atoms with Crippen LogP contribution in [-0.4, -0.2) is 11.1 Å². The Morgan fingerprint density at radius 2 is 1.58 bits per heavy atom. The minimum Gasteiger partial charge on any atom is -0.481 e. The summed E-state index contributed by atoms with van der Waals surface area (Å²) in [5.74, 6) is 0.208. The predicted molar refractivity (Wildman–Crippen MR) is 82.4 cm³/mol. The number of carboxylic acid groups (broad SMARTS) is 1. The van der Waals surface area contributed by atoms with E-state index in [-0.39, 0.29) is 0 Å². The number of carbonyl (C=O) groups is 1. The molecule has 0 amide bonds. The lowest BCUT2D eigenvalue weighted by Crippen LogP contribution is -1.93. The van der Waals surface area contributed by atoms with Crippen LogP contribution in [0.5, 0.6) is 0 Å². The van der Waals surface area contributed by atoms with Gasteiger partial charge in [-0.25, -0.2) is 0 Å². The van der Waals surface area contributed by atoms with Crippen molar-refractivity contribution in [2.75, 3.05) is 0 Å². The first-order valence-corrected chi connectivity index (χ1v) is 8.03. The van der Waals surface area contributed by atoms with Crippen molar-refractivity contribution in [3.8, 4) is 0 Å². The number of carboxylic acids is 1. The van der Waals surface area contributed by atoms with Gasteiger partial charge in [0.15, 0.2) is 0 Å². The third-order valence-corrected chi connectivity index (χ3v) is 3.69. The van der Waals surface area contributed by atoms with Crippen LogP contribution in [0.25, 0.3) is 0 Å². The molecule has 2 heteroatoms. The van der Waals surface area contributed by atoms with Gasteiger partial charge in [0.05, 0.1) is 0 Å². The molecule has 2 nitrogen and oxygen atoms in total. The van der Waals surface area contributed by atoms with E-state index in [2.05, 4.69) is 26.0 Å². The molecule has 112 valence electrons. The summed E-state index contributed by atoms with van der Waals surface area (Å²) >= 11 is 0. The summed E-state index contributed by atoms with van der Waals surface area (Å²) in [5.41, 5.74) is 0. The van der Waals surface area contributed by atoms with Gasteiger partial charge in [0, 0.05) is 6.42 Å². The molecule has 0 rings (SSSR count). The maximum atomic E-state index is 10.3. The Kier molecular flexibility index (Phi) is 13.1. The molecule has 0 fully saturated rings. The van der Waals surface area contributed by atoms with Crippen LogP contribution in [0, 0.1) is 5.92 Å². The lowest BCUT2D eigenvalue weighted by molar-refractivity contribution is -0.137. The Morgan fingerprint density at radius 3 is 2.21 bits per heavy atom. The van der Waals surface area contributed by atoms with Crippen molar-refractivity contribution in [1.29, 1.82) is 0 Å². The molecule has 0 heterocycles. The molecular formula is C17H32O2. The minimum absolute atomic E-state index is 0.329. The van der Waals surface area contributed by atoms with Crippen LogP contribution in [0.15, 0.2) is 12.2 Å². The molecule has 19 heavy (non-hydrogen) atoms. The SMILES string of the molecule is CCC(C)CCC/C=C/CCCCCCCC(=O)O. The van der Waals surface area contributed by atoms with E-state index in [4.69, 9.17) is 5.11 Å². The average Bonchev–Trinajstić information content (AvgIpc) is 2.39. The summed E-state index contributed by atoms with van der Waals surface area (Å²) < 4.78 is 0. The second-order valence-corrected chi connectivity index (χ2v) is 5.62. The second-order valence-electron chi connectivity index (χ2n) is 5.62. The zero-order chi connectivity index (χ0) is 14.3. The summed E-state index contributed by atoms with van der Waals surface area (Å²) in [6.07, 6.45) is 16.9. The van der Waals surface area contributed by atoms with Gasteiger partial charge in [0.25, 0.3) is 0 Å². The van der Waals surface area contributed by atoms with Gasteiger partial charge < -0.3 is 5.11 Å². The topological polar surface area (TPSA) is 37.3 Å². The summed E-state index contributed by atoms with van der Waals surface area (Å²) in [6, 6.07) is 0. The van der Waals surface area contributed by atoms with E-state index < -0.39 is 5.97 Å². The van der Waals surface area contributed by atoms with Gasteiger partial charge in [0.2, 0.25) is 0 Å². The van der Waals surface area contributed by atoms with Gasteiger partial charge in [-0.2, -0.15) is 0 Å². The van der Waals surface area contributed by atoms with Crippen LogP contribution in [0.4, 0.5) is 0 Å². The molecule has 0 aliphatic carbocycles. The molecular weight excluding hydrogens is 236 g/mol. The van der Waals surface area contributed by atoms with Gasteiger partial charge >= 0.3 is 5.97 Å². The molecule has 0 aromatic rings. The van der Waals surface area contributed by atoms with E-state index in [0.29, 0.717) is 6.42 Å². The van der Waals surface area contributed by atoms with Crippen molar-refractivity contribution in [2.24, 2.45) is 5.92 Å². The highest BCUT2D eigenvalue weighted by Crippen LogP contribution is 2.12. The van der Waals surface area contributed by atoms with Crippen LogP contribution in [-0.2, 0) is 4.79 Å². The van der Waals surface area contributed by atoms with E-state index in [1.54, 1.807) is 0 Å². The molecule has 0 spiro atoms. The van der Waals surface area contributed by atoms with Crippen molar-refractivity contribution in [3.05, 3.63) is 12.2 Å². The van der Waals surface area contributed by atoms with Gasteiger partial charge in [-0.15, -0.1) is 0 Å². The lowest BCUT2D eigenvalue weighted by atomic mass is 10.0. The fraction of sp³-hybridized carbons (Fsp3) is 0.824. The van der Waals surface area contributed by atoms with E-state index in [1.165, 1.54) is 51.4 Å². The minimum atomic E-state index is -0.666. The summed E-state index contributed by atoms with van der Waals surface area (Å²) in [6.45, 7) is 4.59. The van der Waals surface area contributed by atoms with E-state index in [0.717, 1.165) is 18.8 Å².